The number of carbonyl (C=O) groups is 1. The Balaban J connectivity index is 0.00000131. The average molecular weight is 421 g/mol. The normalized spacial score (nSPS) is 33.4. The second-order valence-electron chi connectivity index (χ2n) is 9.05. The van der Waals surface area contributed by atoms with Gasteiger partial charge in [-0.1, -0.05) is 0 Å². The van der Waals surface area contributed by atoms with Gasteiger partial charge < -0.3 is 10.2 Å². The Hall–Kier alpha value is -0.0700. The van der Waals surface area contributed by atoms with Crippen molar-refractivity contribution < 1.29 is 4.79 Å². The summed E-state index contributed by atoms with van der Waals surface area (Å²) in [6, 6.07) is 1.49. The van der Waals surface area contributed by atoms with Gasteiger partial charge in [0.25, 0.3) is 0 Å². The summed E-state index contributed by atoms with van der Waals surface area (Å²) in [6.07, 6.45) is 6.26. The van der Waals surface area contributed by atoms with Crippen LogP contribution < -0.4 is 5.32 Å². The molecule has 3 saturated heterocycles. The van der Waals surface area contributed by atoms with Crippen molar-refractivity contribution in [2.24, 2.45) is 11.3 Å². The highest BCUT2D eigenvalue weighted by Crippen LogP contribution is 2.59. The molecular weight excluding hydrogens is 383 g/mol. The molecule has 0 aromatic heterocycles. The molecular formula is C20H38Cl2N4O. The van der Waals surface area contributed by atoms with E-state index in [-0.39, 0.29) is 24.8 Å². The lowest BCUT2D eigenvalue weighted by Gasteiger charge is -2.37. The molecule has 27 heavy (non-hydrogen) atoms. The highest BCUT2D eigenvalue weighted by molar-refractivity contribution is 5.85. The molecule has 1 amide bonds. The van der Waals surface area contributed by atoms with Crippen LogP contribution in [0.25, 0.3) is 0 Å². The fraction of sp³-hybridized carbons (Fsp3) is 0.950. The SMILES string of the molecule is CC1CCC(C)N1CCN1CCN(C(=O)C2CC23CCNCC3)CC1.Cl.Cl. The first-order chi connectivity index (χ1) is 12.1. The van der Waals surface area contributed by atoms with Gasteiger partial charge in [-0.05, 0) is 64.5 Å². The van der Waals surface area contributed by atoms with Crippen molar-refractivity contribution in [2.75, 3.05) is 52.4 Å². The van der Waals surface area contributed by atoms with Gasteiger partial charge in [0.15, 0.2) is 0 Å². The Kier molecular flexibility index (Phi) is 8.27. The summed E-state index contributed by atoms with van der Waals surface area (Å²) in [4.78, 5) is 20.3. The van der Waals surface area contributed by atoms with E-state index in [2.05, 4.69) is 33.9 Å². The van der Waals surface area contributed by atoms with Gasteiger partial charge in [-0.25, -0.2) is 0 Å². The Morgan fingerprint density at radius 2 is 1.56 bits per heavy atom. The maximum absolute atomic E-state index is 12.9. The molecule has 0 bridgehead atoms. The number of piperidine rings is 1. The fourth-order valence-electron chi connectivity index (χ4n) is 5.53. The molecule has 1 N–H and O–H groups in total. The van der Waals surface area contributed by atoms with Gasteiger partial charge in [-0.2, -0.15) is 0 Å². The van der Waals surface area contributed by atoms with Gasteiger partial charge in [0.1, 0.15) is 0 Å². The van der Waals surface area contributed by atoms with Gasteiger partial charge in [-0.3, -0.25) is 14.6 Å². The molecule has 1 spiro atoms. The molecule has 1 saturated carbocycles. The van der Waals surface area contributed by atoms with Crippen LogP contribution >= 0.6 is 24.8 Å². The second-order valence-corrected chi connectivity index (χ2v) is 9.05. The summed E-state index contributed by atoms with van der Waals surface area (Å²) in [5.41, 5.74) is 0.376. The molecule has 158 valence electrons. The first kappa shape index (κ1) is 23.2. The van der Waals surface area contributed by atoms with Gasteiger partial charge in [0.05, 0.1) is 0 Å². The molecule has 3 aliphatic heterocycles. The molecule has 3 unspecified atom stereocenters. The Labute approximate surface area is 177 Å². The quantitative estimate of drug-likeness (QED) is 0.756. The molecule has 3 heterocycles. The molecule has 0 aromatic carbocycles. The summed E-state index contributed by atoms with van der Waals surface area (Å²) in [7, 11) is 0. The Morgan fingerprint density at radius 1 is 0.963 bits per heavy atom. The van der Waals surface area contributed by atoms with Crippen molar-refractivity contribution >= 4 is 30.7 Å². The largest absolute Gasteiger partial charge is 0.340 e. The first-order valence-corrected chi connectivity index (χ1v) is 10.6. The molecule has 5 nitrogen and oxygen atoms in total. The van der Waals surface area contributed by atoms with Crippen LogP contribution in [0.2, 0.25) is 0 Å². The number of amides is 1. The third kappa shape index (κ3) is 4.92. The molecule has 4 aliphatic rings. The number of hydrogen-bond acceptors (Lipinski definition) is 4. The zero-order chi connectivity index (χ0) is 17.4. The van der Waals surface area contributed by atoms with Crippen molar-refractivity contribution in [1.82, 2.24) is 20.0 Å². The van der Waals surface area contributed by atoms with Crippen molar-refractivity contribution in [3.63, 3.8) is 0 Å². The lowest BCUT2D eigenvalue weighted by Crippen LogP contribution is -2.51. The lowest BCUT2D eigenvalue weighted by molar-refractivity contribution is -0.135. The van der Waals surface area contributed by atoms with E-state index in [1.807, 2.05) is 0 Å². The molecule has 4 rings (SSSR count). The van der Waals surface area contributed by atoms with Gasteiger partial charge in [0, 0.05) is 57.3 Å². The van der Waals surface area contributed by atoms with E-state index in [9.17, 15) is 4.79 Å². The number of likely N-dealkylation sites (tertiary alicyclic amines) is 1. The van der Waals surface area contributed by atoms with Crippen molar-refractivity contribution in [2.45, 2.75) is 58.0 Å². The Morgan fingerprint density at radius 3 is 2.15 bits per heavy atom. The third-order valence-corrected chi connectivity index (χ3v) is 7.58. The van der Waals surface area contributed by atoms with Crippen molar-refractivity contribution in [1.29, 1.82) is 0 Å². The number of nitrogens with zero attached hydrogens (tertiary/aromatic N) is 3. The summed E-state index contributed by atoms with van der Waals surface area (Å²) < 4.78 is 0. The standard InChI is InChI=1S/C20H36N4O.2ClH/c1-16-3-4-17(2)24(16)14-11-22-9-12-23(13-10-22)19(25)18-15-20(18)5-7-21-8-6-20;;/h16-18,21H,3-15H2,1-2H3;2*1H. The maximum atomic E-state index is 12.9. The summed E-state index contributed by atoms with van der Waals surface area (Å²) in [6.45, 7) is 13.3. The number of halogens is 2. The van der Waals surface area contributed by atoms with Crippen LogP contribution in [-0.2, 0) is 4.79 Å². The van der Waals surface area contributed by atoms with Crippen LogP contribution in [0.4, 0.5) is 0 Å². The topological polar surface area (TPSA) is 38.8 Å². The van der Waals surface area contributed by atoms with Gasteiger partial charge in [-0.15, -0.1) is 24.8 Å². The molecule has 7 heteroatoms. The minimum absolute atomic E-state index is 0. The van der Waals surface area contributed by atoms with E-state index in [0.29, 0.717) is 17.2 Å². The van der Waals surface area contributed by atoms with Crippen molar-refractivity contribution in [3.8, 4) is 0 Å². The van der Waals surface area contributed by atoms with Gasteiger partial charge >= 0.3 is 0 Å². The van der Waals surface area contributed by atoms with E-state index in [4.69, 9.17) is 0 Å². The zero-order valence-electron chi connectivity index (χ0n) is 17.0. The smallest absolute Gasteiger partial charge is 0.226 e. The van der Waals surface area contributed by atoms with E-state index in [1.165, 1.54) is 32.2 Å². The maximum Gasteiger partial charge on any atom is 0.226 e. The monoisotopic (exact) mass is 420 g/mol. The zero-order valence-corrected chi connectivity index (χ0v) is 18.6. The van der Waals surface area contributed by atoms with E-state index in [1.54, 1.807) is 0 Å². The lowest BCUT2D eigenvalue weighted by atomic mass is 9.91. The number of piperazine rings is 1. The summed E-state index contributed by atoms with van der Waals surface area (Å²) in [5.74, 6) is 0.802. The minimum atomic E-state index is 0. The predicted molar refractivity (Wildman–Crippen MR) is 115 cm³/mol. The van der Waals surface area contributed by atoms with Crippen molar-refractivity contribution in [3.05, 3.63) is 0 Å². The number of nitrogens with one attached hydrogen (secondary N) is 1. The molecule has 3 atom stereocenters. The molecule has 0 aromatic rings. The predicted octanol–water partition coefficient (Wildman–Crippen LogP) is 2.24. The fourth-order valence-corrected chi connectivity index (χ4v) is 5.53. The second kappa shape index (κ2) is 9.62. The molecule has 1 aliphatic carbocycles. The molecule has 4 fully saturated rings. The van der Waals surface area contributed by atoms with Crippen LogP contribution in [0, 0.1) is 11.3 Å². The third-order valence-electron chi connectivity index (χ3n) is 7.58. The van der Waals surface area contributed by atoms with E-state index < -0.39 is 0 Å². The highest BCUT2D eigenvalue weighted by atomic mass is 35.5. The number of carbonyl (C=O) groups excluding carboxylic acids is 1. The van der Waals surface area contributed by atoms with Crippen LogP contribution in [-0.4, -0.2) is 85.0 Å². The van der Waals surface area contributed by atoms with Crippen LogP contribution in [0.15, 0.2) is 0 Å². The summed E-state index contributed by atoms with van der Waals surface area (Å²) in [5, 5.41) is 3.43. The number of rotatable bonds is 4. The van der Waals surface area contributed by atoms with Crippen LogP contribution in [0.5, 0.6) is 0 Å². The molecule has 0 radical (unpaired) electrons. The Bertz CT molecular complexity index is 482. The van der Waals surface area contributed by atoms with E-state index in [0.717, 1.165) is 64.3 Å². The van der Waals surface area contributed by atoms with Crippen LogP contribution in [0.3, 0.4) is 0 Å². The average Bonchev–Trinajstić information content (AvgIpc) is 3.22. The van der Waals surface area contributed by atoms with Crippen LogP contribution in [0.1, 0.15) is 46.0 Å². The summed E-state index contributed by atoms with van der Waals surface area (Å²) >= 11 is 0. The highest BCUT2D eigenvalue weighted by Gasteiger charge is 2.58. The van der Waals surface area contributed by atoms with E-state index >= 15 is 0 Å². The first-order valence-electron chi connectivity index (χ1n) is 10.6. The minimum Gasteiger partial charge on any atom is -0.340 e. The van der Waals surface area contributed by atoms with Gasteiger partial charge in [0.2, 0.25) is 5.91 Å². The number of hydrogen-bond donors (Lipinski definition) is 1.